The fraction of sp³-hybridized carbons (Fsp3) is 0.712. The second-order valence-electron chi connectivity index (χ2n) is 17.0. The lowest BCUT2D eigenvalue weighted by Crippen LogP contribution is -2.55. The molecule has 0 saturated carbocycles. The Morgan fingerprint density at radius 3 is 1.45 bits per heavy atom. The SMILES string of the molecule is CC/C=C\C/C=C\C/C=C\C/C=C\C/C=C\CCCC(=O)OC(COCCC(C(=O)[O-])[N+](C)(C)C)COC(=O)CCCCCCCCCCC/C=C\CCCCCCCC. The third-order valence-corrected chi connectivity index (χ3v) is 10.3. The maximum absolute atomic E-state index is 12.7. The first-order valence-corrected chi connectivity index (χ1v) is 24.0. The van der Waals surface area contributed by atoms with Crippen LogP contribution >= 0.6 is 0 Å². The van der Waals surface area contributed by atoms with Crippen LogP contribution in [0.5, 0.6) is 0 Å². The van der Waals surface area contributed by atoms with Crippen molar-refractivity contribution in [1.82, 2.24) is 0 Å². The molecule has 2 atom stereocenters. The van der Waals surface area contributed by atoms with Gasteiger partial charge in [0.2, 0.25) is 0 Å². The van der Waals surface area contributed by atoms with Gasteiger partial charge >= 0.3 is 11.9 Å². The average Bonchev–Trinajstić information content (AvgIpc) is 3.21. The van der Waals surface area contributed by atoms with E-state index in [9.17, 15) is 19.5 Å². The number of carbonyl (C=O) groups is 3. The Balaban J connectivity index is 4.38. The van der Waals surface area contributed by atoms with Gasteiger partial charge in [0.25, 0.3) is 0 Å². The summed E-state index contributed by atoms with van der Waals surface area (Å²) in [5.41, 5.74) is 0. The minimum absolute atomic E-state index is 0.0145. The number of carboxylic acid groups (broad SMARTS) is 1. The minimum Gasteiger partial charge on any atom is -0.544 e. The van der Waals surface area contributed by atoms with E-state index in [1.54, 1.807) is 21.1 Å². The molecule has 344 valence electrons. The number of unbranched alkanes of at least 4 members (excludes halogenated alkanes) is 16. The normalized spacial score (nSPS) is 13.6. The van der Waals surface area contributed by atoms with Crippen molar-refractivity contribution in [3.63, 3.8) is 0 Å². The van der Waals surface area contributed by atoms with Crippen molar-refractivity contribution < 1.29 is 38.2 Å². The Hall–Kier alpha value is -3.23. The largest absolute Gasteiger partial charge is 0.544 e. The molecule has 0 spiro atoms. The molecule has 0 saturated heterocycles. The molecule has 8 heteroatoms. The number of quaternary nitrogens is 1. The number of rotatable bonds is 42. The van der Waals surface area contributed by atoms with Crippen molar-refractivity contribution in [2.45, 2.75) is 199 Å². The molecule has 0 aromatic rings. The number of nitrogens with zero attached hydrogens (tertiary/aromatic N) is 1. The molecule has 0 fully saturated rings. The highest BCUT2D eigenvalue weighted by molar-refractivity contribution is 5.70. The fourth-order valence-corrected chi connectivity index (χ4v) is 6.63. The molecular formula is C52H89NO7. The van der Waals surface area contributed by atoms with Gasteiger partial charge in [-0.25, -0.2) is 0 Å². The zero-order valence-electron chi connectivity index (χ0n) is 39.1. The van der Waals surface area contributed by atoms with Crippen LogP contribution in [0.3, 0.4) is 0 Å². The van der Waals surface area contributed by atoms with E-state index in [2.05, 4.69) is 86.8 Å². The molecule has 0 aromatic carbocycles. The lowest BCUT2D eigenvalue weighted by atomic mass is 10.1. The molecule has 0 amide bonds. The van der Waals surface area contributed by atoms with Crippen LogP contribution in [0.2, 0.25) is 0 Å². The third-order valence-electron chi connectivity index (χ3n) is 10.3. The van der Waals surface area contributed by atoms with Crippen LogP contribution in [0.4, 0.5) is 0 Å². The predicted octanol–water partition coefficient (Wildman–Crippen LogP) is 12.2. The molecule has 0 bridgehead atoms. The Morgan fingerprint density at radius 1 is 0.517 bits per heavy atom. The number of ether oxygens (including phenoxy) is 3. The van der Waals surface area contributed by atoms with Crippen molar-refractivity contribution >= 4 is 17.9 Å². The molecule has 2 unspecified atom stereocenters. The molecule has 0 heterocycles. The van der Waals surface area contributed by atoms with Gasteiger partial charge < -0.3 is 28.6 Å². The summed E-state index contributed by atoms with van der Waals surface area (Å²) in [6, 6.07) is -0.739. The Labute approximate surface area is 368 Å². The van der Waals surface area contributed by atoms with Gasteiger partial charge in [0, 0.05) is 19.3 Å². The highest BCUT2D eigenvalue weighted by Crippen LogP contribution is 2.14. The summed E-state index contributed by atoms with van der Waals surface area (Å²) in [5.74, 6) is -1.82. The highest BCUT2D eigenvalue weighted by Gasteiger charge is 2.25. The Bertz CT molecular complexity index is 1210. The summed E-state index contributed by atoms with van der Waals surface area (Å²) >= 11 is 0. The molecular weight excluding hydrogens is 751 g/mol. The van der Waals surface area contributed by atoms with Gasteiger partial charge in [-0.3, -0.25) is 9.59 Å². The van der Waals surface area contributed by atoms with Crippen LogP contribution in [0.15, 0.2) is 72.9 Å². The number of allylic oxidation sites excluding steroid dienone is 12. The van der Waals surface area contributed by atoms with Crippen molar-refractivity contribution in [3.05, 3.63) is 72.9 Å². The first kappa shape index (κ1) is 56.8. The maximum Gasteiger partial charge on any atom is 0.306 e. The van der Waals surface area contributed by atoms with Crippen molar-refractivity contribution in [1.29, 1.82) is 0 Å². The monoisotopic (exact) mass is 840 g/mol. The van der Waals surface area contributed by atoms with E-state index in [-0.39, 0.29) is 49.1 Å². The number of aliphatic carboxylic acids is 1. The van der Waals surface area contributed by atoms with Gasteiger partial charge in [-0.2, -0.15) is 0 Å². The van der Waals surface area contributed by atoms with E-state index in [0.29, 0.717) is 12.8 Å². The molecule has 8 nitrogen and oxygen atoms in total. The number of carbonyl (C=O) groups excluding carboxylic acids is 3. The summed E-state index contributed by atoms with van der Waals surface area (Å²) in [4.78, 5) is 36.9. The zero-order chi connectivity index (χ0) is 44.2. The average molecular weight is 840 g/mol. The van der Waals surface area contributed by atoms with E-state index in [4.69, 9.17) is 14.2 Å². The maximum atomic E-state index is 12.7. The van der Waals surface area contributed by atoms with Crippen LogP contribution < -0.4 is 5.11 Å². The number of hydrogen-bond acceptors (Lipinski definition) is 7. The summed E-state index contributed by atoms with van der Waals surface area (Å²) in [6.45, 7) is 4.48. The summed E-state index contributed by atoms with van der Waals surface area (Å²) < 4.78 is 17.1. The highest BCUT2D eigenvalue weighted by atomic mass is 16.6. The van der Waals surface area contributed by atoms with Crippen LogP contribution in [0, 0.1) is 0 Å². The van der Waals surface area contributed by atoms with Gasteiger partial charge in [0.15, 0.2) is 6.10 Å². The van der Waals surface area contributed by atoms with E-state index in [1.165, 1.54) is 89.9 Å². The van der Waals surface area contributed by atoms with E-state index < -0.39 is 18.1 Å². The Morgan fingerprint density at radius 2 is 0.950 bits per heavy atom. The molecule has 0 aliphatic carbocycles. The van der Waals surface area contributed by atoms with Gasteiger partial charge in [-0.05, 0) is 77.0 Å². The number of carboxylic acids is 1. The Kier molecular flexibility index (Phi) is 40.2. The second kappa shape index (κ2) is 42.5. The first-order chi connectivity index (χ1) is 29.1. The van der Waals surface area contributed by atoms with Gasteiger partial charge in [0.05, 0.1) is 40.3 Å². The van der Waals surface area contributed by atoms with Crippen molar-refractivity contribution in [3.8, 4) is 0 Å². The van der Waals surface area contributed by atoms with Crippen molar-refractivity contribution in [2.24, 2.45) is 0 Å². The van der Waals surface area contributed by atoms with Crippen LogP contribution in [-0.2, 0) is 28.6 Å². The summed E-state index contributed by atoms with van der Waals surface area (Å²) in [6.07, 6.45) is 53.6. The first-order valence-electron chi connectivity index (χ1n) is 24.0. The van der Waals surface area contributed by atoms with E-state index in [1.807, 2.05) is 0 Å². The second-order valence-corrected chi connectivity index (χ2v) is 17.0. The quantitative estimate of drug-likeness (QED) is 0.0261. The molecule has 60 heavy (non-hydrogen) atoms. The van der Waals surface area contributed by atoms with E-state index >= 15 is 0 Å². The van der Waals surface area contributed by atoms with Gasteiger partial charge in [-0.15, -0.1) is 0 Å². The van der Waals surface area contributed by atoms with Crippen LogP contribution in [0.1, 0.15) is 187 Å². The number of hydrogen-bond donors (Lipinski definition) is 0. The minimum atomic E-state index is -1.14. The number of esters is 2. The lowest BCUT2D eigenvalue weighted by molar-refractivity contribution is -0.889. The van der Waals surface area contributed by atoms with Crippen molar-refractivity contribution in [2.75, 3.05) is 41.0 Å². The molecule has 0 radical (unpaired) electrons. The van der Waals surface area contributed by atoms with Gasteiger partial charge in [-0.1, -0.05) is 164 Å². The smallest absolute Gasteiger partial charge is 0.306 e. The number of likely N-dealkylation sites (N-methyl/N-ethyl adjacent to an activating group) is 1. The summed E-state index contributed by atoms with van der Waals surface area (Å²) in [5, 5.41) is 11.6. The molecule has 0 N–H and O–H groups in total. The molecule has 0 rings (SSSR count). The molecule has 0 aliphatic rings. The summed E-state index contributed by atoms with van der Waals surface area (Å²) in [7, 11) is 5.38. The predicted molar refractivity (Wildman–Crippen MR) is 249 cm³/mol. The standard InChI is InChI=1S/C52H89NO7/c1-6-8-10-12-14-16-18-20-22-24-25-27-28-30-32-34-36-38-40-42-50(54)59-47-48(46-58-45-44-49(52(56)57)53(3,4)5)60-51(55)43-41-39-37-35-33-31-29-26-23-21-19-17-15-13-11-9-7-2/h9,11,15,17,20-23,29,31,35,37,48-49H,6-8,10,12-14,16,18-19,24-28,30,32-34,36,38-47H2,1-5H3/b11-9-,17-15-,22-20-,23-21-,31-29-,37-35-. The fourth-order valence-electron chi connectivity index (χ4n) is 6.63. The molecule has 0 aliphatic heterocycles. The van der Waals surface area contributed by atoms with Gasteiger partial charge in [0.1, 0.15) is 12.6 Å². The zero-order valence-corrected chi connectivity index (χ0v) is 39.1. The van der Waals surface area contributed by atoms with Crippen LogP contribution in [0.25, 0.3) is 0 Å². The third kappa shape index (κ3) is 40.2. The topological polar surface area (TPSA) is 102 Å². The van der Waals surface area contributed by atoms with Crippen LogP contribution in [-0.4, -0.2) is 75.5 Å². The molecule has 0 aromatic heterocycles. The van der Waals surface area contributed by atoms with E-state index in [0.717, 1.165) is 57.8 Å². The lowest BCUT2D eigenvalue weighted by Gasteiger charge is -2.34.